The first kappa shape index (κ1) is 21.8. The highest BCUT2D eigenvalue weighted by atomic mass is 32.2. The van der Waals surface area contributed by atoms with E-state index in [0.29, 0.717) is 12.3 Å². The minimum Gasteiger partial charge on any atom is -0.494 e. The third-order valence-corrected chi connectivity index (χ3v) is 5.35. The highest BCUT2D eigenvalue weighted by Crippen LogP contribution is 2.23. The number of aryl methyl sites for hydroxylation is 3. The monoisotopic (exact) mass is 400 g/mol. The molecule has 0 spiro atoms. The van der Waals surface area contributed by atoms with E-state index in [9.17, 15) is 9.59 Å². The molecule has 0 heterocycles. The van der Waals surface area contributed by atoms with Gasteiger partial charge in [-0.2, -0.15) is 0 Å². The standard InChI is InChI=1S/C22H28N2O3S/c1-6-27-19-9-7-18(8-10-19)23-20(25)13-28-17(5)22(26)24-21-15(3)11-14(2)12-16(21)4/h7-12,17H,6,13H2,1-5H3,(H,23,25)(H,24,26). The molecule has 150 valence electrons. The van der Waals surface area contributed by atoms with Gasteiger partial charge < -0.3 is 15.4 Å². The van der Waals surface area contributed by atoms with E-state index in [1.54, 1.807) is 12.1 Å². The lowest BCUT2D eigenvalue weighted by Crippen LogP contribution is -2.25. The zero-order valence-corrected chi connectivity index (χ0v) is 17.9. The summed E-state index contributed by atoms with van der Waals surface area (Å²) in [6, 6.07) is 11.3. The molecule has 5 nitrogen and oxygen atoms in total. The fourth-order valence-electron chi connectivity index (χ4n) is 2.88. The van der Waals surface area contributed by atoms with E-state index in [-0.39, 0.29) is 22.8 Å². The van der Waals surface area contributed by atoms with Crippen molar-refractivity contribution in [2.45, 2.75) is 39.9 Å². The molecule has 1 atom stereocenters. The maximum Gasteiger partial charge on any atom is 0.237 e. The number of nitrogens with one attached hydrogen (secondary N) is 2. The van der Waals surface area contributed by atoms with Crippen molar-refractivity contribution in [2.75, 3.05) is 23.0 Å². The summed E-state index contributed by atoms with van der Waals surface area (Å²) in [6.07, 6.45) is 0. The van der Waals surface area contributed by atoms with Gasteiger partial charge in [0, 0.05) is 11.4 Å². The minimum absolute atomic E-state index is 0.103. The zero-order valence-electron chi connectivity index (χ0n) is 17.1. The number of thioether (sulfide) groups is 1. The van der Waals surface area contributed by atoms with E-state index in [1.807, 2.05) is 58.9 Å². The molecule has 0 aliphatic rings. The highest BCUT2D eigenvalue weighted by Gasteiger charge is 2.17. The number of anilines is 2. The number of amides is 2. The quantitative estimate of drug-likeness (QED) is 0.673. The second kappa shape index (κ2) is 10.2. The summed E-state index contributed by atoms with van der Waals surface area (Å²) in [5.74, 6) is 0.723. The Labute approximate surface area is 171 Å². The van der Waals surface area contributed by atoms with Crippen LogP contribution in [0.5, 0.6) is 5.75 Å². The highest BCUT2D eigenvalue weighted by molar-refractivity contribution is 8.01. The van der Waals surface area contributed by atoms with Gasteiger partial charge >= 0.3 is 0 Å². The Balaban J connectivity index is 1.84. The van der Waals surface area contributed by atoms with E-state index in [4.69, 9.17) is 4.74 Å². The molecule has 0 bridgehead atoms. The summed E-state index contributed by atoms with van der Waals surface area (Å²) in [6.45, 7) is 10.3. The normalized spacial score (nSPS) is 11.6. The number of hydrogen-bond acceptors (Lipinski definition) is 4. The molecular formula is C22H28N2O3S. The van der Waals surface area contributed by atoms with Crippen molar-refractivity contribution in [3.8, 4) is 5.75 Å². The molecule has 28 heavy (non-hydrogen) atoms. The van der Waals surface area contributed by atoms with Gasteiger partial charge in [0.2, 0.25) is 11.8 Å². The maximum atomic E-state index is 12.5. The van der Waals surface area contributed by atoms with Crippen LogP contribution in [-0.4, -0.2) is 29.4 Å². The molecule has 0 radical (unpaired) electrons. The Morgan fingerprint density at radius 1 is 1.04 bits per heavy atom. The zero-order chi connectivity index (χ0) is 20.7. The fraction of sp³-hybridized carbons (Fsp3) is 0.364. The predicted octanol–water partition coefficient (Wildman–Crippen LogP) is 4.71. The second-order valence-corrected chi connectivity index (χ2v) is 8.05. The van der Waals surface area contributed by atoms with E-state index in [2.05, 4.69) is 10.6 Å². The Bertz CT molecular complexity index is 811. The Hall–Kier alpha value is -2.47. The molecule has 0 fully saturated rings. The Morgan fingerprint density at radius 3 is 2.21 bits per heavy atom. The van der Waals surface area contributed by atoms with Gasteiger partial charge in [0.1, 0.15) is 5.75 Å². The summed E-state index contributed by atoms with van der Waals surface area (Å²) in [7, 11) is 0. The summed E-state index contributed by atoms with van der Waals surface area (Å²) in [4.78, 5) is 24.7. The van der Waals surface area contributed by atoms with E-state index < -0.39 is 0 Å². The van der Waals surface area contributed by atoms with Gasteiger partial charge in [-0.1, -0.05) is 17.7 Å². The maximum absolute atomic E-state index is 12.5. The predicted molar refractivity (Wildman–Crippen MR) is 117 cm³/mol. The molecule has 2 amide bonds. The third kappa shape index (κ3) is 6.30. The third-order valence-electron chi connectivity index (χ3n) is 4.21. The van der Waals surface area contributed by atoms with Crippen LogP contribution >= 0.6 is 11.8 Å². The van der Waals surface area contributed by atoms with Crippen LogP contribution in [0.3, 0.4) is 0 Å². The molecule has 1 unspecified atom stereocenters. The van der Waals surface area contributed by atoms with Crippen LogP contribution in [0.1, 0.15) is 30.5 Å². The van der Waals surface area contributed by atoms with E-state index in [0.717, 1.165) is 22.6 Å². The topological polar surface area (TPSA) is 67.4 Å². The van der Waals surface area contributed by atoms with Gasteiger partial charge in [0.25, 0.3) is 0 Å². The van der Waals surface area contributed by atoms with Crippen molar-refractivity contribution in [1.29, 1.82) is 0 Å². The SMILES string of the molecule is CCOc1ccc(NC(=O)CSC(C)C(=O)Nc2c(C)cc(C)cc2C)cc1. The number of rotatable bonds is 8. The Kier molecular flexibility index (Phi) is 7.93. The van der Waals surface area contributed by atoms with Crippen LogP contribution in [0.2, 0.25) is 0 Å². The van der Waals surface area contributed by atoms with E-state index >= 15 is 0 Å². The molecule has 0 saturated heterocycles. The lowest BCUT2D eigenvalue weighted by Gasteiger charge is -2.16. The number of benzene rings is 2. The number of carbonyl (C=O) groups excluding carboxylic acids is 2. The van der Waals surface area contributed by atoms with Crippen molar-refractivity contribution in [3.05, 3.63) is 53.1 Å². The first-order valence-electron chi connectivity index (χ1n) is 9.33. The summed E-state index contributed by atoms with van der Waals surface area (Å²) >= 11 is 1.31. The molecule has 0 aliphatic heterocycles. The van der Waals surface area contributed by atoms with Crippen molar-refractivity contribution >= 4 is 35.0 Å². The van der Waals surface area contributed by atoms with Gasteiger partial charge in [-0.15, -0.1) is 11.8 Å². The summed E-state index contributed by atoms with van der Waals surface area (Å²) in [5.41, 5.74) is 4.80. The van der Waals surface area contributed by atoms with Crippen LogP contribution in [0.15, 0.2) is 36.4 Å². The van der Waals surface area contributed by atoms with Gasteiger partial charge in [-0.25, -0.2) is 0 Å². The van der Waals surface area contributed by atoms with Crippen LogP contribution in [0, 0.1) is 20.8 Å². The van der Waals surface area contributed by atoms with Crippen molar-refractivity contribution in [1.82, 2.24) is 0 Å². The first-order valence-corrected chi connectivity index (χ1v) is 10.4. The fourth-order valence-corrected chi connectivity index (χ4v) is 3.56. The van der Waals surface area contributed by atoms with Crippen LogP contribution in [0.25, 0.3) is 0 Å². The van der Waals surface area contributed by atoms with Crippen LogP contribution < -0.4 is 15.4 Å². The molecule has 0 aromatic heterocycles. The molecule has 6 heteroatoms. The molecule has 2 N–H and O–H groups in total. The van der Waals surface area contributed by atoms with Crippen molar-refractivity contribution in [3.63, 3.8) is 0 Å². The van der Waals surface area contributed by atoms with Crippen LogP contribution in [0.4, 0.5) is 11.4 Å². The number of hydrogen-bond donors (Lipinski definition) is 2. The average molecular weight is 401 g/mol. The lowest BCUT2D eigenvalue weighted by atomic mass is 10.1. The van der Waals surface area contributed by atoms with E-state index in [1.165, 1.54) is 17.3 Å². The number of carbonyl (C=O) groups is 2. The van der Waals surface area contributed by atoms with Crippen molar-refractivity contribution < 1.29 is 14.3 Å². The average Bonchev–Trinajstić information content (AvgIpc) is 2.64. The molecule has 2 rings (SSSR count). The second-order valence-electron chi connectivity index (χ2n) is 6.72. The van der Waals surface area contributed by atoms with Gasteiger partial charge in [0.05, 0.1) is 17.6 Å². The number of ether oxygens (including phenoxy) is 1. The largest absolute Gasteiger partial charge is 0.494 e. The minimum atomic E-state index is -0.341. The molecule has 2 aromatic rings. The first-order chi connectivity index (χ1) is 13.3. The van der Waals surface area contributed by atoms with Gasteiger partial charge in [0.15, 0.2) is 0 Å². The van der Waals surface area contributed by atoms with Crippen molar-refractivity contribution in [2.24, 2.45) is 0 Å². The lowest BCUT2D eigenvalue weighted by molar-refractivity contribution is -0.115. The molecule has 0 aliphatic carbocycles. The molecular weight excluding hydrogens is 372 g/mol. The smallest absolute Gasteiger partial charge is 0.237 e. The summed E-state index contributed by atoms with van der Waals surface area (Å²) < 4.78 is 5.38. The molecule has 0 saturated carbocycles. The van der Waals surface area contributed by atoms with Gasteiger partial charge in [-0.05, 0) is 70.0 Å². The van der Waals surface area contributed by atoms with Gasteiger partial charge in [-0.3, -0.25) is 9.59 Å². The van der Waals surface area contributed by atoms with Crippen LogP contribution in [-0.2, 0) is 9.59 Å². The molecule has 2 aromatic carbocycles. The Morgan fingerprint density at radius 2 is 1.64 bits per heavy atom. The summed E-state index contributed by atoms with van der Waals surface area (Å²) in [5, 5.41) is 5.48.